The third kappa shape index (κ3) is 7.96. The summed E-state index contributed by atoms with van der Waals surface area (Å²) >= 11 is 3.67. The van der Waals surface area contributed by atoms with E-state index in [1.54, 1.807) is 0 Å². The molecule has 1 aromatic rings. The van der Waals surface area contributed by atoms with Gasteiger partial charge < -0.3 is 31.3 Å². The third-order valence-corrected chi connectivity index (χ3v) is 3.71. The number of carboxylic acids is 3. The van der Waals surface area contributed by atoms with Crippen LogP contribution in [0.3, 0.4) is 0 Å². The molecule has 3 amide bonds. The van der Waals surface area contributed by atoms with Gasteiger partial charge in [-0.25, -0.2) is 14.4 Å². The van der Waals surface area contributed by atoms with E-state index in [2.05, 4.69) is 28.1 Å². The zero-order valence-electron chi connectivity index (χ0n) is 14.4. The maximum absolute atomic E-state index is 12.7. The molecule has 1 heterocycles. The molecule has 3 atom stereocenters. The zero-order chi connectivity index (χ0) is 22.1. The highest BCUT2D eigenvalue weighted by Gasteiger charge is 2.28. The van der Waals surface area contributed by atoms with Crippen molar-refractivity contribution in [1.29, 1.82) is 0 Å². The Morgan fingerprint density at radius 3 is 2.03 bits per heavy atom. The van der Waals surface area contributed by atoms with Crippen LogP contribution < -0.4 is 16.0 Å². The van der Waals surface area contributed by atoms with Gasteiger partial charge in [-0.15, -0.1) is 10.2 Å². The molecule has 0 radical (unpaired) electrons. The van der Waals surface area contributed by atoms with Crippen molar-refractivity contribution in [2.45, 2.75) is 23.8 Å². The van der Waals surface area contributed by atoms with Gasteiger partial charge in [0.1, 0.15) is 17.3 Å². The predicted octanol–water partition coefficient (Wildman–Crippen LogP) is -1.68. The van der Waals surface area contributed by atoms with Gasteiger partial charge in [-0.2, -0.15) is 17.0 Å². The molecule has 0 aliphatic rings. The highest BCUT2D eigenvalue weighted by molar-refractivity contribution is 7.81. The Bertz CT molecular complexity index is 793. The molecule has 0 bridgehead atoms. The molecular weight excluding hydrogens is 417 g/mol. The fraction of sp³-hybridized carbons (Fsp3) is 0.357. The van der Waals surface area contributed by atoms with Gasteiger partial charge in [-0.1, -0.05) is 0 Å². The van der Waals surface area contributed by atoms with Crippen molar-refractivity contribution in [2.24, 2.45) is 0 Å². The standard InChI is InChI=1S/C14H16FN5O8S/c15-9-2-1-5(19-20-9)10(21)16-4-7(12(24)25)18-14(28)17-6(11(22)23)3-8(29)13(26)27/h1-2,6-8,29H,3-4H2,(H,16,21)(H,22,23)(H,24,25)(H,26,27)(H2,17,18,28)/t6-,7-,8?/m0/s1. The number of carboxylic acid groups (broad SMARTS) is 3. The second-order valence-electron chi connectivity index (χ2n) is 5.44. The summed E-state index contributed by atoms with van der Waals surface area (Å²) in [5.41, 5.74) is -0.306. The molecule has 1 aromatic heterocycles. The fourth-order valence-corrected chi connectivity index (χ4v) is 2.04. The number of halogens is 1. The average Bonchev–Trinajstić information content (AvgIpc) is 2.64. The fourth-order valence-electron chi connectivity index (χ4n) is 1.83. The molecule has 13 nitrogen and oxygen atoms in total. The van der Waals surface area contributed by atoms with Crippen molar-refractivity contribution in [2.75, 3.05) is 6.54 Å². The smallest absolute Gasteiger partial charge is 0.328 e. The van der Waals surface area contributed by atoms with Gasteiger partial charge in [-0.05, 0) is 12.1 Å². The number of nitrogens with zero attached hydrogens (tertiary/aromatic N) is 2. The highest BCUT2D eigenvalue weighted by Crippen LogP contribution is 2.06. The summed E-state index contributed by atoms with van der Waals surface area (Å²) in [6.07, 6.45) is -0.571. The summed E-state index contributed by atoms with van der Waals surface area (Å²) in [6.45, 7) is -0.622. The van der Waals surface area contributed by atoms with E-state index < -0.39 is 66.1 Å². The van der Waals surface area contributed by atoms with Crippen LogP contribution >= 0.6 is 12.6 Å². The molecule has 0 aliphatic heterocycles. The van der Waals surface area contributed by atoms with Gasteiger partial charge in [0.05, 0.1) is 0 Å². The summed E-state index contributed by atoms with van der Waals surface area (Å²) in [4.78, 5) is 56.8. The number of carbonyl (C=O) groups is 5. The van der Waals surface area contributed by atoms with Crippen LogP contribution in [0.4, 0.5) is 9.18 Å². The van der Waals surface area contributed by atoms with E-state index in [1.165, 1.54) is 0 Å². The minimum absolute atomic E-state index is 0.306. The van der Waals surface area contributed by atoms with Crippen LogP contribution in [0.2, 0.25) is 0 Å². The molecule has 0 aromatic carbocycles. The second kappa shape index (κ2) is 10.7. The van der Waals surface area contributed by atoms with Crippen LogP contribution in [0.1, 0.15) is 16.9 Å². The molecule has 0 saturated carbocycles. The predicted molar refractivity (Wildman–Crippen MR) is 93.9 cm³/mol. The van der Waals surface area contributed by atoms with Gasteiger partial charge >= 0.3 is 23.9 Å². The molecule has 29 heavy (non-hydrogen) atoms. The molecule has 1 rings (SSSR count). The first-order valence-electron chi connectivity index (χ1n) is 7.72. The van der Waals surface area contributed by atoms with Crippen molar-refractivity contribution in [3.05, 3.63) is 23.8 Å². The zero-order valence-corrected chi connectivity index (χ0v) is 15.3. The van der Waals surface area contributed by atoms with Gasteiger partial charge in [0.2, 0.25) is 5.95 Å². The Hall–Kier alpha value is -3.49. The summed E-state index contributed by atoms with van der Waals surface area (Å²) in [6, 6.07) is -2.70. The van der Waals surface area contributed by atoms with E-state index in [1.807, 2.05) is 10.6 Å². The van der Waals surface area contributed by atoms with Gasteiger partial charge in [0.15, 0.2) is 5.69 Å². The minimum atomic E-state index is -1.67. The first-order valence-corrected chi connectivity index (χ1v) is 8.23. The first kappa shape index (κ1) is 23.5. The lowest BCUT2D eigenvalue weighted by molar-refractivity contribution is -0.140. The maximum Gasteiger partial charge on any atom is 0.328 e. The summed E-state index contributed by atoms with van der Waals surface area (Å²) in [5, 5.41) is 37.8. The maximum atomic E-state index is 12.7. The van der Waals surface area contributed by atoms with Crippen LogP contribution in [-0.2, 0) is 14.4 Å². The molecule has 15 heteroatoms. The van der Waals surface area contributed by atoms with E-state index in [9.17, 15) is 28.4 Å². The monoisotopic (exact) mass is 433 g/mol. The molecule has 0 fully saturated rings. The number of hydrogen-bond donors (Lipinski definition) is 7. The van der Waals surface area contributed by atoms with Gasteiger partial charge in [0.25, 0.3) is 5.91 Å². The Morgan fingerprint density at radius 2 is 1.55 bits per heavy atom. The van der Waals surface area contributed by atoms with E-state index in [-0.39, 0.29) is 5.69 Å². The summed E-state index contributed by atoms with van der Waals surface area (Å²) < 4.78 is 12.7. The number of urea groups is 1. The Labute approximate surface area is 167 Å². The molecule has 6 N–H and O–H groups in total. The largest absolute Gasteiger partial charge is 0.480 e. The van der Waals surface area contributed by atoms with Crippen LogP contribution in [0.25, 0.3) is 0 Å². The number of nitrogens with one attached hydrogen (secondary N) is 3. The van der Waals surface area contributed by atoms with Crippen molar-refractivity contribution >= 4 is 42.5 Å². The number of amides is 3. The highest BCUT2D eigenvalue weighted by atomic mass is 32.1. The number of rotatable bonds is 10. The number of aliphatic carboxylic acids is 3. The second-order valence-corrected chi connectivity index (χ2v) is 6.06. The normalized spacial score (nSPS) is 13.4. The summed E-state index contributed by atoms with van der Waals surface area (Å²) in [5.74, 6) is -6.35. The molecule has 0 spiro atoms. The molecule has 1 unspecified atom stereocenters. The quantitative estimate of drug-likeness (QED) is 0.209. The van der Waals surface area contributed by atoms with E-state index >= 15 is 0 Å². The van der Waals surface area contributed by atoms with E-state index in [0.29, 0.717) is 0 Å². The third-order valence-electron chi connectivity index (χ3n) is 3.28. The molecule has 0 aliphatic carbocycles. The lowest BCUT2D eigenvalue weighted by Crippen LogP contribution is -2.54. The van der Waals surface area contributed by atoms with Crippen molar-refractivity contribution in [3.8, 4) is 0 Å². The molecule has 0 saturated heterocycles. The number of carbonyl (C=O) groups excluding carboxylic acids is 2. The lowest BCUT2D eigenvalue weighted by Gasteiger charge is -2.19. The van der Waals surface area contributed by atoms with Crippen molar-refractivity contribution < 1.29 is 43.7 Å². The number of thiol groups is 1. The van der Waals surface area contributed by atoms with Crippen LogP contribution in [0.5, 0.6) is 0 Å². The minimum Gasteiger partial charge on any atom is -0.480 e. The van der Waals surface area contributed by atoms with E-state index in [0.717, 1.165) is 12.1 Å². The van der Waals surface area contributed by atoms with E-state index in [4.69, 9.17) is 15.3 Å². The topological polar surface area (TPSA) is 208 Å². The Balaban J connectivity index is 2.67. The van der Waals surface area contributed by atoms with Crippen LogP contribution in [0.15, 0.2) is 12.1 Å². The van der Waals surface area contributed by atoms with Gasteiger partial charge in [-0.3, -0.25) is 9.59 Å². The Kier molecular flexibility index (Phi) is 8.72. The lowest BCUT2D eigenvalue weighted by atomic mass is 10.1. The van der Waals surface area contributed by atoms with Crippen molar-refractivity contribution in [1.82, 2.24) is 26.1 Å². The summed E-state index contributed by atoms with van der Waals surface area (Å²) in [7, 11) is 0. The SMILES string of the molecule is O=C(N[C@@H](CNC(=O)c1ccc(F)nn1)C(=O)O)N[C@@H](CC(S)C(=O)O)C(=O)O. The van der Waals surface area contributed by atoms with Crippen LogP contribution in [-0.4, -0.2) is 79.2 Å². The van der Waals surface area contributed by atoms with Crippen LogP contribution in [0, 0.1) is 5.95 Å². The van der Waals surface area contributed by atoms with Crippen molar-refractivity contribution in [3.63, 3.8) is 0 Å². The number of aromatic nitrogens is 2. The van der Waals surface area contributed by atoms with Gasteiger partial charge in [0, 0.05) is 13.0 Å². The number of hydrogen-bond acceptors (Lipinski definition) is 8. The molecule has 158 valence electrons. The Morgan fingerprint density at radius 1 is 0.966 bits per heavy atom. The first-order chi connectivity index (χ1) is 13.5. The average molecular weight is 433 g/mol. The molecular formula is C14H16FN5O8S.